The van der Waals surface area contributed by atoms with Gasteiger partial charge in [0.15, 0.2) is 5.11 Å². The summed E-state index contributed by atoms with van der Waals surface area (Å²) in [4.78, 5) is 11.7. The molecule has 0 aliphatic rings. The number of nitro benzene ring substituents is 1. The zero-order valence-corrected chi connectivity index (χ0v) is 15.5. The number of hydrogen-bond acceptors (Lipinski definition) is 3. The van der Waals surface area contributed by atoms with Gasteiger partial charge in [-0.3, -0.25) is 10.1 Å². The van der Waals surface area contributed by atoms with E-state index in [1.807, 2.05) is 18.2 Å². The molecule has 0 heterocycles. The third kappa shape index (κ3) is 5.38. The average molecular weight is 380 g/mol. The summed E-state index contributed by atoms with van der Waals surface area (Å²) in [6.07, 6.45) is 0. The van der Waals surface area contributed by atoms with E-state index in [2.05, 4.69) is 36.9 Å². The van der Waals surface area contributed by atoms with Crippen molar-refractivity contribution in [3.8, 4) is 0 Å². The van der Waals surface area contributed by atoms with Crippen molar-refractivity contribution in [3.63, 3.8) is 0 Å². The number of nitrogens with one attached hydrogen (secondary N) is 3. The van der Waals surface area contributed by atoms with E-state index in [0.29, 0.717) is 22.4 Å². The molecule has 1 atom stereocenters. The van der Waals surface area contributed by atoms with E-state index in [1.165, 1.54) is 28.7 Å². The van der Waals surface area contributed by atoms with Gasteiger partial charge in [0.1, 0.15) is 6.04 Å². The maximum Gasteiger partial charge on any atom is 0.271 e. The van der Waals surface area contributed by atoms with Gasteiger partial charge in [0.05, 0.1) is 36.3 Å². The summed E-state index contributed by atoms with van der Waals surface area (Å²) in [6.45, 7) is 0.616. The van der Waals surface area contributed by atoms with Gasteiger partial charge in [-0.2, -0.15) is 0 Å². The zero-order valence-electron chi connectivity index (χ0n) is 14.0. The zero-order chi connectivity index (χ0) is 18.4. The van der Waals surface area contributed by atoms with E-state index < -0.39 is 4.92 Å². The average Bonchev–Trinajstić information content (AvgIpc) is 2.57. The van der Waals surface area contributed by atoms with Crippen molar-refractivity contribution in [1.82, 2.24) is 5.32 Å². The van der Waals surface area contributed by atoms with Gasteiger partial charge < -0.3 is 15.5 Å². The van der Waals surface area contributed by atoms with Crippen LogP contribution in [0.2, 0.25) is 5.02 Å². The number of likely N-dealkylation sites (N-methyl/N-ethyl adjacent to an activating group) is 1. The molecule has 8 heteroatoms. The van der Waals surface area contributed by atoms with Crippen molar-refractivity contribution in [3.05, 3.63) is 69.2 Å². The number of non-ortho nitro benzene ring substituents is 1. The van der Waals surface area contributed by atoms with Crippen molar-refractivity contribution in [1.29, 1.82) is 0 Å². The van der Waals surface area contributed by atoms with Crippen LogP contribution >= 0.6 is 23.8 Å². The minimum atomic E-state index is -0.473. The predicted molar refractivity (Wildman–Crippen MR) is 104 cm³/mol. The first-order valence-electron chi connectivity index (χ1n) is 7.72. The van der Waals surface area contributed by atoms with Crippen LogP contribution in [-0.2, 0) is 0 Å². The maximum atomic E-state index is 10.9. The van der Waals surface area contributed by atoms with E-state index in [4.69, 9.17) is 23.8 Å². The number of hydrogen-bond donors (Lipinski definition) is 3. The Hall–Kier alpha value is -2.22. The van der Waals surface area contributed by atoms with Gasteiger partial charge in [-0.1, -0.05) is 41.9 Å². The molecule has 2 aromatic carbocycles. The van der Waals surface area contributed by atoms with Crippen LogP contribution in [0, 0.1) is 10.1 Å². The van der Waals surface area contributed by atoms with Gasteiger partial charge in [-0.05, 0) is 18.3 Å². The molecule has 0 aliphatic carbocycles. The second-order valence-corrected chi connectivity index (χ2v) is 6.61. The Morgan fingerprint density at radius 3 is 2.56 bits per heavy atom. The lowest BCUT2D eigenvalue weighted by molar-refractivity contribution is -0.890. The van der Waals surface area contributed by atoms with Gasteiger partial charge in [0, 0.05) is 17.7 Å². The van der Waals surface area contributed by atoms with Crippen LogP contribution in [0.25, 0.3) is 0 Å². The van der Waals surface area contributed by atoms with Gasteiger partial charge in [-0.25, -0.2) is 0 Å². The van der Waals surface area contributed by atoms with Crippen LogP contribution in [-0.4, -0.2) is 30.7 Å². The monoisotopic (exact) mass is 379 g/mol. The number of rotatable bonds is 6. The lowest BCUT2D eigenvalue weighted by atomic mass is 10.1. The fraction of sp³-hybridized carbons (Fsp3) is 0.235. The molecule has 132 valence electrons. The molecule has 0 saturated heterocycles. The second kappa shape index (κ2) is 8.75. The summed E-state index contributed by atoms with van der Waals surface area (Å²) >= 11 is 11.4. The molecule has 0 fully saturated rings. The Morgan fingerprint density at radius 2 is 1.96 bits per heavy atom. The van der Waals surface area contributed by atoms with E-state index in [-0.39, 0.29) is 11.7 Å². The number of anilines is 1. The highest BCUT2D eigenvalue weighted by atomic mass is 35.5. The van der Waals surface area contributed by atoms with Crippen molar-refractivity contribution in [2.45, 2.75) is 6.04 Å². The Labute approximate surface area is 156 Å². The molecule has 0 radical (unpaired) electrons. The molecule has 0 aliphatic heterocycles. The maximum absolute atomic E-state index is 10.9. The number of benzene rings is 2. The molecule has 0 spiro atoms. The molecular formula is C17H20ClN4O2S+. The van der Waals surface area contributed by atoms with Gasteiger partial charge in [-0.15, -0.1) is 0 Å². The largest absolute Gasteiger partial charge is 0.356 e. The lowest BCUT2D eigenvalue weighted by Crippen LogP contribution is -3.07. The number of nitro groups is 1. The molecule has 2 aromatic rings. The SMILES string of the molecule is C[NH+](C)[C@H](CNC(=S)Nc1cc([N+](=O)[O-])ccc1Cl)c1ccccc1. The quantitative estimate of drug-likeness (QED) is 0.408. The highest BCUT2D eigenvalue weighted by Crippen LogP contribution is 2.26. The molecule has 25 heavy (non-hydrogen) atoms. The third-order valence-electron chi connectivity index (χ3n) is 3.77. The Kier molecular flexibility index (Phi) is 6.69. The molecule has 0 aromatic heterocycles. The summed E-state index contributed by atoms with van der Waals surface area (Å²) in [5.41, 5.74) is 1.56. The Balaban J connectivity index is 2.02. The van der Waals surface area contributed by atoms with Crippen LogP contribution in [0.4, 0.5) is 11.4 Å². The van der Waals surface area contributed by atoms with E-state index in [0.717, 1.165) is 0 Å². The third-order valence-corrected chi connectivity index (χ3v) is 4.35. The number of nitrogens with zero attached hydrogens (tertiary/aromatic N) is 1. The minimum absolute atomic E-state index is 0.0467. The smallest absolute Gasteiger partial charge is 0.271 e. The molecule has 0 amide bonds. The first-order chi connectivity index (χ1) is 11.9. The molecule has 0 unspecified atom stereocenters. The molecule has 3 N–H and O–H groups in total. The fourth-order valence-electron chi connectivity index (χ4n) is 2.42. The van der Waals surface area contributed by atoms with Crippen LogP contribution < -0.4 is 15.5 Å². The first kappa shape index (κ1) is 19.1. The number of halogens is 1. The Morgan fingerprint density at radius 1 is 1.28 bits per heavy atom. The predicted octanol–water partition coefficient (Wildman–Crippen LogP) is 2.42. The van der Waals surface area contributed by atoms with Crippen LogP contribution in [0.3, 0.4) is 0 Å². The van der Waals surface area contributed by atoms with E-state index >= 15 is 0 Å². The van der Waals surface area contributed by atoms with Crippen LogP contribution in [0.1, 0.15) is 11.6 Å². The summed E-state index contributed by atoms with van der Waals surface area (Å²) in [5.74, 6) is 0. The first-order valence-corrected chi connectivity index (χ1v) is 8.51. The molecule has 0 saturated carbocycles. The highest BCUT2D eigenvalue weighted by Gasteiger charge is 2.18. The van der Waals surface area contributed by atoms with Crippen LogP contribution in [0.5, 0.6) is 0 Å². The minimum Gasteiger partial charge on any atom is -0.356 e. The molecular weight excluding hydrogens is 360 g/mol. The molecule has 0 bridgehead atoms. The van der Waals surface area contributed by atoms with E-state index in [1.54, 1.807) is 0 Å². The molecule has 6 nitrogen and oxygen atoms in total. The summed E-state index contributed by atoms with van der Waals surface area (Å²) in [5, 5.41) is 17.7. The van der Waals surface area contributed by atoms with E-state index in [9.17, 15) is 10.1 Å². The van der Waals surface area contributed by atoms with Crippen LogP contribution in [0.15, 0.2) is 48.5 Å². The standard InChI is InChI=1S/C17H19ClN4O2S/c1-21(2)16(12-6-4-3-5-7-12)11-19-17(25)20-15-10-13(22(23)24)8-9-14(15)18/h3-10,16H,11H2,1-2H3,(H2,19,20,25)/p+1/t16-/m1/s1. The second-order valence-electron chi connectivity index (χ2n) is 5.80. The Bertz CT molecular complexity index is 756. The topological polar surface area (TPSA) is 71.6 Å². The van der Waals surface area contributed by atoms with Crippen molar-refractivity contribution in [2.24, 2.45) is 0 Å². The summed E-state index contributed by atoms with van der Waals surface area (Å²) < 4.78 is 0. The summed E-state index contributed by atoms with van der Waals surface area (Å²) in [7, 11) is 4.15. The number of quaternary nitrogens is 1. The van der Waals surface area contributed by atoms with Gasteiger partial charge >= 0.3 is 0 Å². The normalized spacial score (nSPS) is 11.8. The number of thiocarbonyl (C=S) groups is 1. The lowest BCUT2D eigenvalue weighted by Gasteiger charge is -2.23. The van der Waals surface area contributed by atoms with Gasteiger partial charge in [0.25, 0.3) is 5.69 Å². The van der Waals surface area contributed by atoms with Crippen molar-refractivity contribution < 1.29 is 9.82 Å². The fourth-order valence-corrected chi connectivity index (χ4v) is 2.78. The highest BCUT2D eigenvalue weighted by molar-refractivity contribution is 7.80. The van der Waals surface area contributed by atoms with Crippen molar-refractivity contribution >= 4 is 40.3 Å². The van der Waals surface area contributed by atoms with Gasteiger partial charge in [0.2, 0.25) is 0 Å². The molecule has 2 rings (SSSR count). The van der Waals surface area contributed by atoms with Crippen molar-refractivity contribution in [2.75, 3.05) is 26.0 Å². The summed E-state index contributed by atoms with van der Waals surface area (Å²) in [6, 6.07) is 14.5.